The summed E-state index contributed by atoms with van der Waals surface area (Å²) in [6.45, 7) is 0.522. The van der Waals surface area contributed by atoms with Crippen molar-refractivity contribution < 1.29 is 4.92 Å². The van der Waals surface area contributed by atoms with Crippen LogP contribution in [0.25, 0.3) is 5.69 Å². The zero-order valence-electron chi connectivity index (χ0n) is 10.4. The first-order valence-electron chi connectivity index (χ1n) is 6.10. The molecule has 9 heteroatoms. The highest BCUT2D eigenvalue weighted by molar-refractivity contribution is 6.32. The highest BCUT2D eigenvalue weighted by Crippen LogP contribution is 2.26. The maximum atomic E-state index is 10.9. The largest absolute Gasteiger partial charge is 0.307 e. The topological polar surface area (TPSA) is 98.8 Å². The molecule has 104 valence electrons. The number of halogens is 1. The molecule has 2 aromatic rings. The average Bonchev–Trinajstić information content (AvgIpc) is 3.14. The molecule has 1 aliphatic carbocycles. The predicted molar refractivity (Wildman–Crippen MR) is 70.7 cm³/mol. The van der Waals surface area contributed by atoms with Crippen LogP contribution in [0.15, 0.2) is 18.2 Å². The SMILES string of the molecule is O=[N+]([O-])c1cc(-n2nnnc2CNC2CC2)ccc1Cl. The van der Waals surface area contributed by atoms with Gasteiger partial charge in [-0.2, -0.15) is 4.68 Å². The molecule has 0 atom stereocenters. The number of nitrogens with zero attached hydrogens (tertiary/aromatic N) is 5. The van der Waals surface area contributed by atoms with Crippen molar-refractivity contribution in [3.05, 3.63) is 39.2 Å². The van der Waals surface area contributed by atoms with Gasteiger partial charge in [0, 0.05) is 12.1 Å². The lowest BCUT2D eigenvalue weighted by Gasteiger charge is -2.05. The zero-order valence-corrected chi connectivity index (χ0v) is 11.1. The molecular formula is C11H11ClN6O2. The lowest BCUT2D eigenvalue weighted by atomic mass is 10.3. The third kappa shape index (κ3) is 2.61. The summed E-state index contributed by atoms with van der Waals surface area (Å²) < 4.78 is 1.47. The Bertz CT molecular complexity index is 654. The molecule has 0 bridgehead atoms. The Hall–Kier alpha value is -2.06. The molecule has 1 saturated carbocycles. The number of aromatic nitrogens is 4. The van der Waals surface area contributed by atoms with E-state index in [0.717, 1.165) is 12.8 Å². The van der Waals surface area contributed by atoms with Gasteiger partial charge < -0.3 is 5.32 Å². The fourth-order valence-electron chi connectivity index (χ4n) is 1.81. The number of nitro benzene ring substituents is 1. The van der Waals surface area contributed by atoms with Crippen LogP contribution in [0.5, 0.6) is 0 Å². The second kappa shape index (κ2) is 5.14. The molecule has 0 radical (unpaired) electrons. The molecule has 0 spiro atoms. The Morgan fingerprint density at radius 3 is 3.00 bits per heavy atom. The van der Waals surface area contributed by atoms with Gasteiger partial charge in [0.15, 0.2) is 5.82 Å². The molecule has 1 aliphatic rings. The number of hydrogen-bond acceptors (Lipinski definition) is 6. The maximum absolute atomic E-state index is 10.9. The summed E-state index contributed by atoms with van der Waals surface area (Å²) in [6.07, 6.45) is 2.32. The molecule has 0 amide bonds. The molecule has 3 rings (SSSR count). The van der Waals surface area contributed by atoms with Crippen LogP contribution in [0.1, 0.15) is 18.7 Å². The second-order valence-corrected chi connectivity index (χ2v) is 4.96. The summed E-state index contributed by atoms with van der Waals surface area (Å²) in [5.74, 6) is 0.605. The first kappa shape index (κ1) is 12.9. The number of nitro groups is 1. The van der Waals surface area contributed by atoms with Gasteiger partial charge in [-0.15, -0.1) is 5.10 Å². The van der Waals surface area contributed by atoms with Crippen molar-refractivity contribution in [2.24, 2.45) is 0 Å². The number of nitrogens with one attached hydrogen (secondary N) is 1. The van der Waals surface area contributed by atoms with E-state index in [-0.39, 0.29) is 10.7 Å². The smallest absolute Gasteiger partial charge is 0.290 e. The quantitative estimate of drug-likeness (QED) is 0.662. The zero-order chi connectivity index (χ0) is 14.1. The van der Waals surface area contributed by atoms with Gasteiger partial charge in [0.05, 0.1) is 17.2 Å². The van der Waals surface area contributed by atoms with Crippen LogP contribution in [0.2, 0.25) is 5.02 Å². The fraction of sp³-hybridized carbons (Fsp3) is 0.364. The minimum absolute atomic E-state index is 0.0875. The Morgan fingerprint density at radius 2 is 2.30 bits per heavy atom. The fourth-order valence-corrected chi connectivity index (χ4v) is 2.00. The lowest BCUT2D eigenvalue weighted by Crippen LogP contribution is -2.18. The predicted octanol–water partition coefficient (Wildman–Crippen LogP) is 1.48. The van der Waals surface area contributed by atoms with Crippen molar-refractivity contribution in [2.45, 2.75) is 25.4 Å². The lowest BCUT2D eigenvalue weighted by molar-refractivity contribution is -0.384. The van der Waals surface area contributed by atoms with Gasteiger partial charge in [0.2, 0.25) is 0 Å². The van der Waals surface area contributed by atoms with E-state index in [4.69, 9.17) is 11.6 Å². The summed E-state index contributed by atoms with van der Waals surface area (Å²) in [5, 5.41) is 25.7. The van der Waals surface area contributed by atoms with E-state index < -0.39 is 4.92 Å². The van der Waals surface area contributed by atoms with Gasteiger partial charge in [0.25, 0.3) is 5.69 Å². The maximum Gasteiger partial charge on any atom is 0.290 e. The molecule has 0 saturated heterocycles. The molecule has 1 aromatic heterocycles. The highest BCUT2D eigenvalue weighted by Gasteiger charge is 2.22. The summed E-state index contributed by atoms with van der Waals surface area (Å²) >= 11 is 5.79. The molecule has 0 aliphatic heterocycles. The van der Waals surface area contributed by atoms with Crippen molar-refractivity contribution in [1.29, 1.82) is 0 Å². The van der Waals surface area contributed by atoms with Crippen molar-refractivity contribution in [3.63, 3.8) is 0 Å². The van der Waals surface area contributed by atoms with E-state index in [1.807, 2.05) is 0 Å². The van der Waals surface area contributed by atoms with Crippen molar-refractivity contribution in [1.82, 2.24) is 25.5 Å². The van der Waals surface area contributed by atoms with Crippen LogP contribution in [-0.2, 0) is 6.54 Å². The monoisotopic (exact) mass is 294 g/mol. The third-order valence-corrected chi connectivity index (χ3v) is 3.35. The van der Waals surface area contributed by atoms with Crippen LogP contribution >= 0.6 is 11.6 Å². The van der Waals surface area contributed by atoms with Crippen molar-refractivity contribution >= 4 is 17.3 Å². The van der Waals surface area contributed by atoms with Gasteiger partial charge >= 0.3 is 0 Å². The Labute approximate surface area is 118 Å². The molecule has 0 unspecified atom stereocenters. The molecule has 1 aromatic carbocycles. The molecule has 1 fully saturated rings. The van der Waals surface area contributed by atoms with E-state index in [0.29, 0.717) is 24.1 Å². The van der Waals surface area contributed by atoms with Crippen LogP contribution in [0, 0.1) is 10.1 Å². The normalized spacial score (nSPS) is 14.4. The first-order valence-corrected chi connectivity index (χ1v) is 6.48. The second-order valence-electron chi connectivity index (χ2n) is 4.55. The number of benzene rings is 1. The Kier molecular flexibility index (Phi) is 3.33. The summed E-state index contributed by atoms with van der Waals surface area (Å²) in [5.41, 5.74) is 0.347. The highest BCUT2D eigenvalue weighted by atomic mass is 35.5. The van der Waals surface area contributed by atoms with Gasteiger partial charge in [0.1, 0.15) is 5.02 Å². The van der Waals surface area contributed by atoms with Gasteiger partial charge in [-0.25, -0.2) is 0 Å². The molecule has 1 heterocycles. The molecule has 1 N–H and O–H groups in total. The van der Waals surface area contributed by atoms with Gasteiger partial charge in [-0.05, 0) is 35.4 Å². The Morgan fingerprint density at radius 1 is 1.50 bits per heavy atom. The summed E-state index contributed by atoms with van der Waals surface area (Å²) in [7, 11) is 0. The molecule has 8 nitrogen and oxygen atoms in total. The number of tetrazole rings is 1. The van der Waals surface area contributed by atoms with Crippen LogP contribution in [0.3, 0.4) is 0 Å². The van der Waals surface area contributed by atoms with Crippen molar-refractivity contribution in [2.75, 3.05) is 0 Å². The van der Waals surface area contributed by atoms with E-state index in [2.05, 4.69) is 20.8 Å². The van der Waals surface area contributed by atoms with E-state index in [9.17, 15) is 10.1 Å². The molecule has 20 heavy (non-hydrogen) atoms. The first-order chi connectivity index (χ1) is 9.65. The minimum Gasteiger partial charge on any atom is -0.307 e. The van der Waals surface area contributed by atoms with E-state index >= 15 is 0 Å². The van der Waals surface area contributed by atoms with Crippen molar-refractivity contribution in [3.8, 4) is 5.69 Å². The van der Waals surface area contributed by atoms with Gasteiger partial charge in [-0.1, -0.05) is 11.6 Å². The van der Waals surface area contributed by atoms with E-state index in [1.54, 1.807) is 6.07 Å². The van der Waals surface area contributed by atoms with Crippen LogP contribution < -0.4 is 5.32 Å². The standard InChI is InChI=1S/C11H11ClN6O2/c12-9-4-3-8(5-10(9)18(19)20)17-11(14-15-16-17)6-13-7-1-2-7/h3-5,7,13H,1-2,6H2. The van der Waals surface area contributed by atoms with Crippen LogP contribution in [-0.4, -0.2) is 31.2 Å². The third-order valence-electron chi connectivity index (χ3n) is 3.03. The van der Waals surface area contributed by atoms with Gasteiger partial charge in [-0.3, -0.25) is 10.1 Å². The minimum atomic E-state index is -0.529. The average molecular weight is 295 g/mol. The summed E-state index contributed by atoms with van der Waals surface area (Å²) in [6, 6.07) is 5.00. The Balaban J connectivity index is 1.90. The number of hydrogen-bond donors (Lipinski definition) is 1. The van der Waals surface area contributed by atoms with Crippen LogP contribution in [0.4, 0.5) is 5.69 Å². The molecular weight excluding hydrogens is 284 g/mol. The number of rotatable bonds is 5. The van der Waals surface area contributed by atoms with E-state index in [1.165, 1.54) is 16.8 Å². The summed E-state index contributed by atoms with van der Waals surface area (Å²) in [4.78, 5) is 10.4.